The smallest absolute Gasteiger partial charge is 0.407 e. The molecular weight excluding hydrogens is 569 g/mol. The highest BCUT2D eigenvalue weighted by molar-refractivity contribution is 7.92. The molecule has 3 aliphatic rings. The van der Waals surface area contributed by atoms with Crippen LogP contribution in [-0.4, -0.2) is 56.8 Å². The summed E-state index contributed by atoms with van der Waals surface area (Å²) in [5, 5.41) is 13.5. The zero-order valence-corrected chi connectivity index (χ0v) is 25.5. The number of amides is 2. The number of nitrogens with one attached hydrogen (secondary N) is 1. The van der Waals surface area contributed by atoms with Gasteiger partial charge in [0, 0.05) is 31.5 Å². The number of nitrogens with zero attached hydrogens (tertiary/aromatic N) is 2. The van der Waals surface area contributed by atoms with Crippen LogP contribution in [0.25, 0.3) is 0 Å². The Morgan fingerprint density at radius 1 is 1.07 bits per heavy atom. The fourth-order valence-corrected chi connectivity index (χ4v) is 8.99. The Kier molecular flexibility index (Phi) is 9.40. The van der Waals surface area contributed by atoms with Crippen LogP contribution in [0.1, 0.15) is 68.9 Å². The van der Waals surface area contributed by atoms with Crippen molar-refractivity contribution in [3.63, 3.8) is 0 Å². The second kappa shape index (κ2) is 13.0. The number of rotatable bonds is 10. The molecule has 0 spiro atoms. The first kappa shape index (κ1) is 31.0. The van der Waals surface area contributed by atoms with Crippen molar-refractivity contribution in [2.24, 2.45) is 11.8 Å². The molecule has 2 aromatic carbocycles. The Bertz CT molecular complexity index is 1480. The summed E-state index contributed by atoms with van der Waals surface area (Å²) in [5.41, 5.74) is 0.508. The maximum Gasteiger partial charge on any atom is 0.407 e. The number of ether oxygens (including phenoxy) is 1. The van der Waals surface area contributed by atoms with Crippen molar-refractivity contribution >= 4 is 21.8 Å². The molecule has 0 bridgehead atoms. The van der Waals surface area contributed by atoms with Crippen molar-refractivity contribution in [1.82, 2.24) is 10.2 Å². The minimum Gasteiger partial charge on any atom is -0.453 e. The van der Waals surface area contributed by atoms with Gasteiger partial charge < -0.3 is 15.0 Å². The van der Waals surface area contributed by atoms with Crippen LogP contribution >= 0.6 is 0 Å². The number of sulfone groups is 1. The van der Waals surface area contributed by atoms with E-state index in [4.69, 9.17) is 4.74 Å². The number of alkyl carbamates (subject to hydrolysis) is 1. The lowest BCUT2D eigenvalue weighted by Gasteiger charge is -2.46. The summed E-state index contributed by atoms with van der Waals surface area (Å²) in [6.07, 6.45) is 5.95. The Hall–Kier alpha value is -3.45. The van der Waals surface area contributed by atoms with Crippen LogP contribution < -0.4 is 5.32 Å². The van der Waals surface area contributed by atoms with Gasteiger partial charge in [0.15, 0.2) is 9.84 Å². The highest BCUT2D eigenvalue weighted by atomic mass is 32.2. The fourth-order valence-electron chi connectivity index (χ4n) is 7.26. The quantitative estimate of drug-likeness (QED) is 0.390. The van der Waals surface area contributed by atoms with Crippen molar-refractivity contribution in [3.8, 4) is 6.07 Å². The first-order chi connectivity index (χ1) is 20.7. The fraction of sp³-hybridized carbons (Fsp3) is 0.545. The topological polar surface area (TPSA) is 117 Å². The predicted molar refractivity (Wildman–Crippen MR) is 159 cm³/mol. The number of hydrogen-bond acceptors (Lipinski definition) is 6. The minimum absolute atomic E-state index is 0.0413. The van der Waals surface area contributed by atoms with E-state index in [9.17, 15) is 27.7 Å². The zero-order chi connectivity index (χ0) is 30.6. The van der Waals surface area contributed by atoms with Crippen LogP contribution in [0.15, 0.2) is 53.4 Å². The number of halogens is 1. The molecule has 2 aliphatic carbocycles. The second-order valence-corrected chi connectivity index (χ2v) is 14.4. The molecule has 10 heteroatoms. The summed E-state index contributed by atoms with van der Waals surface area (Å²) in [5.74, 6) is -0.704. The summed E-state index contributed by atoms with van der Waals surface area (Å²) in [7, 11) is -1.94. The average Bonchev–Trinajstić information content (AvgIpc) is 3.79. The SMILES string of the molecule is COC(=O)N[C@H]1CCC[C@@H]1[C@](C#N)(c1cccc(F)c1)C1CCN(C(=O)CCCc2cccc(S(=O)(=O)C3CC3)c2)CC1. The lowest BCUT2D eigenvalue weighted by atomic mass is 9.59. The van der Waals surface area contributed by atoms with E-state index in [0.717, 1.165) is 31.2 Å². The Balaban J connectivity index is 1.24. The highest BCUT2D eigenvalue weighted by Gasteiger charge is 2.53. The third-order valence-electron chi connectivity index (χ3n) is 9.61. The number of likely N-dealkylation sites (tertiary alicyclic amines) is 1. The van der Waals surface area contributed by atoms with E-state index < -0.39 is 27.2 Å². The van der Waals surface area contributed by atoms with E-state index in [1.165, 1.54) is 19.2 Å². The van der Waals surface area contributed by atoms with Gasteiger partial charge in [0.25, 0.3) is 0 Å². The molecule has 0 aromatic heterocycles. The number of benzene rings is 2. The van der Waals surface area contributed by atoms with Gasteiger partial charge in [-0.05, 0) is 92.7 Å². The summed E-state index contributed by atoms with van der Waals surface area (Å²) >= 11 is 0. The number of hydrogen-bond donors (Lipinski definition) is 1. The molecule has 2 aromatic rings. The van der Waals surface area contributed by atoms with Gasteiger partial charge in [-0.3, -0.25) is 4.79 Å². The predicted octanol–water partition coefficient (Wildman–Crippen LogP) is 5.31. The molecule has 1 N–H and O–H groups in total. The molecule has 3 atom stereocenters. The lowest BCUT2D eigenvalue weighted by Crippen LogP contribution is -2.53. The molecule has 1 saturated heterocycles. The maximum atomic E-state index is 14.5. The molecule has 5 rings (SSSR count). The first-order valence-electron chi connectivity index (χ1n) is 15.3. The lowest BCUT2D eigenvalue weighted by molar-refractivity contribution is -0.133. The van der Waals surface area contributed by atoms with Crippen LogP contribution in [-0.2, 0) is 31.2 Å². The largest absolute Gasteiger partial charge is 0.453 e. The molecule has 1 aliphatic heterocycles. The van der Waals surface area contributed by atoms with Crippen LogP contribution in [0.4, 0.5) is 9.18 Å². The van der Waals surface area contributed by atoms with E-state index in [2.05, 4.69) is 11.4 Å². The molecular formula is C33H40FN3O5S. The number of carbonyl (C=O) groups excluding carboxylic acids is 2. The summed E-state index contributed by atoms with van der Waals surface area (Å²) in [4.78, 5) is 27.5. The second-order valence-electron chi connectivity index (χ2n) is 12.2. The number of piperidine rings is 1. The summed E-state index contributed by atoms with van der Waals surface area (Å²) in [6, 6.07) is 15.7. The summed E-state index contributed by atoms with van der Waals surface area (Å²) < 4.78 is 44.5. The minimum atomic E-state index is -3.25. The highest BCUT2D eigenvalue weighted by Crippen LogP contribution is 2.50. The Labute approximate surface area is 253 Å². The van der Waals surface area contributed by atoms with Gasteiger partial charge in [-0.15, -0.1) is 0 Å². The number of nitriles is 1. The molecule has 8 nitrogen and oxygen atoms in total. The number of carbonyl (C=O) groups is 2. The maximum absolute atomic E-state index is 14.5. The molecule has 2 amide bonds. The molecule has 3 fully saturated rings. The Morgan fingerprint density at radius 2 is 1.81 bits per heavy atom. The van der Waals surface area contributed by atoms with Crippen molar-refractivity contribution in [1.29, 1.82) is 5.26 Å². The normalized spacial score (nSPS) is 22.4. The van der Waals surface area contributed by atoms with Crippen molar-refractivity contribution in [3.05, 3.63) is 65.5 Å². The van der Waals surface area contributed by atoms with Crippen LogP contribution in [0.3, 0.4) is 0 Å². The van der Waals surface area contributed by atoms with Gasteiger partial charge in [0.05, 0.1) is 28.7 Å². The number of methoxy groups -OCH3 is 1. The third kappa shape index (κ3) is 6.57. The zero-order valence-electron chi connectivity index (χ0n) is 24.6. The van der Waals surface area contributed by atoms with E-state index >= 15 is 0 Å². The van der Waals surface area contributed by atoms with Crippen molar-refractivity contribution in [2.45, 2.75) is 85.8 Å². The van der Waals surface area contributed by atoms with Gasteiger partial charge in [-0.1, -0.05) is 30.7 Å². The molecule has 230 valence electrons. The standard InChI is InChI=1S/C33H40FN3O5S/c1-42-32(39)36-30-12-5-11-29(30)33(22-35,25-8-4-9-26(34)21-25)24-16-18-37(19-17-24)31(38)13-3-7-23-6-2-10-28(20-23)43(40,41)27-14-15-27/h2,4,6,8-10,20-21,24,27,29-30H,3,5,7,11-19H2,1H3,(H,36,39)/t29-,30-,33-/m0/s1. The summed E-state index contributed by atoms with van der Waals surface area (Å²) in [6.45, 7) is 0.998. The van der Waals surface area contributed by atoms with E-state index in [-0.39, 0.29) is 29.0 Å². The van der Waals surface area contributed by atoms with E-state index in [0.29, 0.717) is 62.1 Å². The average molecular weight is 610 g/mol. The molecule has 0 unspecified atom stereocenters. The van der Waals surface area contributed by atoms with Crippen LogP contribution in [0.5, 0.6) is 0 Å². The van der Waals surface area contributed by atoms with Crippen molar-refractivity contribution in [2.75, 3.05) is 20.2 Å². The van der Waals surface area contributed by atoms with Gasteiger partial charge in [-0.25, -0.2) is 17.6 Å². The molecule has 1 heterocycles. The van der Waals surface area contributed by atoms with Crippen molar-refractivity contribution < 1.29 is 27.1 Å². The van der Waals surface area contributed by atoms with Crippen LogP contribution in [0.2, 0.25) is 0 Å². The Morgan fingerprint density at radius 3 is 2.49 bits per heavy atom. The third-order valence-corrected chi connectivity index (χ3v) is 11.9. The van der Waals surface area contributed by atoms with E-state index in [1.807, 2.05) is 17.0 Å². The van der Waals surface area contributed by atoms with Gasteiger partial charge in [-0.2, -0.15) is 5.26 Å². The van der Waals surface area contributed by atoms with Gasteiger partial charge in [0.1, 0.15) is 5.82 Å². The monoisotopic (exact) mass is 609 g/mol. The van der Waals surface area contributed by atoms with Gasteiger partial charge in [0.2, 0.25) is 5.91 Å². The van der Waals surface area contributed by atoms with Crippen LogP contribution in [0, 0.1) is 29.0 Å². The number of aryl methyl sites for hydroxylation is 1. The van der Waals surface area contributed by atoms with E-state index in [1.54, 1.807) is 24.3 Å². The molecule has 43 heavy (non-hydrogen) atoms. The molecule has 0 radical (unpaired) electrons. The van der Waals surface area contributed by atoms with Gasteiger partial charge >= 0.3 is 6.09 Å². The first-order valence-corrected chi connectivity index (χ1v) is 16.9. The molecule has 2 saturated carbocycles.